The molecule has 3 aromatic rings. The van der Waals surface area contributed by atoms with Crippen molar-refractivity contribution in [1.82, 2.24) is 14.1 Å². The Morgan fingerprint density at radius 2 is 1.82 bits per heavy atom. The number of amides is 1. The number of aromatic nitrogens is 2. The summed E-state index contributed by atoms with van der Waals surface area (Å²) in [5, 5.41) is 7.70. The predicted octanol–water partition coefficient (Wildman–Crippen LogP) is 3.90. The molecule has 1 N–H and O–H groups in total. The van der Waals surface area contributed by atoms with Gasteiger partial charge in [0.1, 0.15) is 5.82 Å². The smallest absolute Gasteiger partial charge is 0.243 e. The molecule has 1 saturated heterocycles. The lowest BCUT2D eigenvalue weighted by atomic mass is 9.97. The minimum atomic E-state index is -3.98. The highest BCUT2D eigenvalue weighted by Gasteiger charge is 2.32. The highest BCUT2D eigenvalue weighted by atomic mass is 35.5. The highest BCUT2D eigenvalue weighted by molar-refractivity contribution is 7.89. The van der Waals surface area contributed by atoms with Crippen molar-refractivity contribution < 1.29 is 22.0 Å². The van der Waals surface area contributed by atoms with Gasteiger partial charge < -0.3 is 5.32 Å². The van der Waals surface area contributed by atoms with Crippen LogP contribution in [0.25, 0.3) is 0 Å². The largest absolute Gasteiger partial charge is 0.311 e. The number of carbonyl (C=O) groups excluding carboxylic acids is 1. The van der Waals surface area contributed by atoms with Crippen LogP contribution in [0.1, 0.15) is 18.4 Å². The van der Waals surface area contributed by atoms with Crippen molar-refractivity contribution >= 4 is 33.3 Å². The number of nitrogens with one attached hydrogen (secondary N) is 1. The van der Waals surface area contributed by atoms with E-state index >= 15 is 0 Å². The zero-order valence-corrected chi connectivity index (χ0v) is 19.0. The van der Waals surface area contributed by atoms with Crippen LogP contribution in [0.5, 0.6) is 0 Å². The van der Waals surface area contributed by atoms with E-state index in [1.54, 1.807) is 23.0 Å². The fraction of sp³-hybridized carbons (Fsp3) is 0.273. The van der Waals surface area contributed by atoms with Crippen molar-refractivity contribution in [1.29, 1.82) is 0 Å². The molecule has 1 aromatic heterocycles. The van der Waals surface area contributed by atoms with Gasteiger partial charge in [0.15, 0.2) is 11.6 Å². The first-order valence-electron chi connectivity index (χ1n) is 10.3. The number of carbonyl (C=O) groups is 1. The van der Waals surface area contributed by atoms with Gasteiger partial charge in [0.25, 0.3) is 0 Å². The summed E-state index contributed by atoms with van der Waals surface area (Å²) >= 11 is 6.21. The third-order valence-corrected chi connectivity index (χ3v) is 7.86. The highest BCUT2D eigenvalue weighted by Crippen LogP contribution is 2.26. The predicted molar refractivity (Wildman–Crippen MR) is 119 cm³/mol. The van der Waals surface area contributed by atoms with Crippen LogP contribution in [-0.2, 0) is 21.4 Å². The molecule has 1 amide bonds. The minimum Gasteiger partial charge on any atom is -0.311 e. The fourth-order valence-corrected chi connectivity index (χ4v) is 5.40. The van der Waals surface area contributed by atoms with Crippen LogP contribution in [0.3, 0.4) is 0 Å². The number of halogens is 3. The van der Waals surface area contributed by atoms with Gasteiger partial charge in [-0.2, -0.15) is 9.40 Å². The number of anilines is 1. The summed E-state index contributed by atoms with van der Waals surface area (Å²) in [5.41, 5.74) is 0.856. The molecule has 0 bridgehead atoms. The van der Waals surface area contributed by atoms with Crippen molar-refractivity contribution in [3.05, 3.63) is 76.9 Å². The molecule has 0 unspecified atom stereocenters. The van der Waals surface area contributed by atoms with Crippen molar-refractivity contribution in [2.75, 3.05) is 18.4 Å². The summed E-state index contributed by atoms with van der Waals surface area (Å²) in [6.07, 6.45) is 2.17. The van der Waals surface area contributed by atoms with E-state index in [4.69, 9.17) is 11.6 Å². The lowest BCUT2D eigenvalue weighted by Gasteiger charge is -2.30. The molecule has 7 nitrogen and oxygen atoms in total. The molecule has 0 radical (unpaired) electrons. The Labute approximate surface area is 195 Å². The average molecular weight is 495 g/mol. The minimum absolute atomic E-state index is 0.0955. The maximum absolute atomic E-state index is 13.5. The molecule has 2 aromatic carbocycles. The SMILES string of the molecule is O=C(Nc1ccnn1Cc1ccccc1Cl)C1CCN(S(=O)(=O)c2ccc(F)c(F)c2)CC1. The van der Waals surface area contributed by atoms with E-state index in [0.717, 1.165) is 17.7 Å². The van der Waals surface area contributed by atoms with E-state index in [9.17, 15) is 22.0 Å². The molecule has 1 aliphatic heterocycles. The molecule has 0 atom stereocenters. The molecule has 0 spiro atoms. The summed E-state index contributed by atoms with van der Waals surface area (Å²) in [7, 11) is -3.98. The number of hydrogen-bond acceptors (Lipinski definition) is 4. The van der Waals surface area contributed by atoms with E-state index < -0.39 is 27.6 Å². The van der Waals surface area contributed by atoms with E-state index in [1.165, 1.54) is 4.31 Å². The van der Waals surface area contributed by atoms with Crippen LogP contribution < -0.4 is 5.32 Å². The van der Waals surface area contributed by atoms with Crippen LogP contribution in [0, 0.1) is 17.6 Å². The van der Waals surface area contributed by atoms with Gasteiger partial charge >= 0.3 is 0 Å². The quantitative estimate of drug-likeness (QED) is 0.563. The van der Waals surface area contributed by atoms with Gasteiger partial charge in [-0.3, -0.25) is 4.79 Å². The average Bonchev–Trinajstić information content (AvgIpc) is 3.23. The van der Waals surface area contributed by atoms with Gasteiger partial charge in [-0.1, -0.05) is 29.8 Å². The number of sulfonamides is 1. The van der Waals surface area contributed by atoms with Gasteiger partial charge in [0.05, 0.1) is 17.6 Å². The fourth-order valence-electron chi connectivity index (χ4n) is 3.73. The molecular formula is C22H21ClF2N4O3S. The van der Waals surface area contributed by atoms with Gasteiger partial charge in [-0.15, -0.1) is 0 Å². The first-order chi connectivity index (χ1) is 15.8. The number of hydrogen-bond donors (Lipinski definition) is 1. The Bertz CT molecular complexity index is 1270. The van der Waals surface area contributed by atoms with E-state index in [0.29, 0.717) is 36.3 Å². The zero-order valence-electron chi connectivity index (χ0n) is 17.4. The van der Waals surface area contributed by atoms with Gasteiger partial charge in [0.2, 0.25) is 15.9 Å². The van der Waals surface area contributed by atoms with Gasteiger partial charge in [-0.25, -0.2) is 21.9 Å². The standard InChI is InChI=1S/C22H21ClF2N4O3S/c23-18-4-2-1-3-16(18)14-29-21(7-10-26-29)27-22(30)15-8-11-28(12-9-15)33(31,32)17-5-6-19(24)20(25)13-17/h1-7,10,13,15H,8-9,11-12,14H2,(H,27,30). The normalized spacial score (nSPS) is 15.5. The first kappa shape index (κ1) is 23.3. The summed E-state index contributed by atoms with van der Waals surface area (Å²) in [4.78, 5) is 12.5. The summed E-state index contributed by atoms with van der Waals surface area (Å²) in [5.74, 6) is -2.46. The molecule has 1 aliphatic rings. The molecule has 174 valence electrons. The second-order valence-corrected chi connectivity index (χ2v) is 10.1. The molecule has 0 saturated carbocycles. The van der Waals surface area contributed by atoms with E-state index in [2.05, 4.69) is 10.4 Å². The molecule has 2 heterocycles. The second kappa shape index (κ2) is 9.58. The zero-order chi connectivity index (χ0) is 23.6. The molecule has 1 fully saturated rings. The summed E-state index contributed by atoms with van der Waals surface area (Å²) < 4.78 is 54.9. The number of nitrogens with zero attached hydrogens (tertiary/aromatic N) is 3. The Morgan fingerprint density at radius 3 is 2.52 bits per heavy atom. The monoisotopic (exact) mass is 494 g/mol. The maximum atomic E-state index is 13.5. The second-order valence-electron chi connectivity index (χ2n) is 7.71. The Morgan fingerprint density at radius 1 is 1.09 bits per heavy atom. The van der Waals surface area contributed by atoms with Crippen LogP contribution >= 0.6 is 11.6 Å². The van der Waals surface area contributed by atoms with Gasteiger partial charge in [0, 0.05) is 30.1 Å². The van der Waals surface area contributed by atoms with Gasteiger partial charge in [-0.05, 0) is 42.7 Å². The molecule has 33 heavy (non-hydrogen) atoms. The third-order valence-electron chi connectivity index (χ3n) is 5.60. The first-order valence-corrected chi connectivity index (χ1v) is 12.1. The van der Waals surface area contributed by atoms with Crippen LogP contribution in [0.2, 0.25) is 5.02 Å². The number of piperidine rings is 1. The molecule has 4 rings (SSSR count). The third kappa shape index (κ3) is 5.07. The van der Waals surface area contributed by atoms with Crippen LogP contribution in [-0.4, -0.2) is 41.5 Å². The van der Waals surface area contributed by atoms with Crippen molar-refractivity contribution in [2.24, 2.45) is 5.92 Å². The summed E-state index contributed by atoms with van der Waals surface area (Å²) in [6, 6.07) is 11.5. The maximum Gasteiger partial charge on any atom is 0.243 e. The lowest BCUT2D eigenvalue weighted by Crippen LogP contribution is -2.41. The van der Waals surface area contributed by atoms with Crippen molar-refractivity contribution in [2.45, 2.75) is 24.3 Å². The summed E-state index contributed by atoms with van der Waals surface area (Å²) in [6.45, 7) is 0.573. The lowest BCUT2D eigenvalue weighted by molar-refractivity contribution is -0.121. The topological polar surface area (TPSA) is 84.3 Å². The Hall–Kier alpha value is -2.82. The molecular weight excluding hydrogens is 474 g/mol. The molecule has 11 heteroatoms. The number of rotatable bonds is 6. The van der Waals surface area contributed by atoms with E-state index in [-0.39, 0.29) is 23.9 Å². The number of benzene rings is 2. The Balaban J connectivity index is 1.38. The molecule has 0 aliphatic carbocycles. The van der Waals surface area contributed by atoms with Crippen molar-refractivity contribution in [3.8, 4) is 0 Å². The van der Waals surface area contributed by atoms with E-state index in [1.807, 2.05) is 18.2 Å². The Kier molecular flexibility index (Phi) is 6.78. The van der Waals surface area contributed by atoms with Crippen LogP contribution in [0.15, 0.2) is 59.6 Å². The van der Waals surface area contributed by atoms with Crippen LogP contribution in [0.4, 0.5) is 14.6 Å². The van der Waals surface area contributed by atoms with Crippen molar-refractivity contribution in [3.63, 3.8) is 0 Å².